The zero-order valence-corrected chi connectivity index (χ0v) is 19.7. The van der Waals surface area contributed by atoms with Crippen molar-refractivity contribution < 1.29 is 45.4 Å². The van der Waals surface area contributed by atoms with Gasteiger partial charge >= 0.3 is 31.1 Å². The minimum Gasteiger partial charge on any atom is -0.497 e. The first kappa shape index (κ1) is 22.8. The Labute approximate surface area is 184 Å². The first-order chi connectivity index (χ1) is 12.2. The largest absolute Gasteiger partial charge is 2.00 e. The van der Waals surface area contributed by atoms with E-state index < -0.39 is 0 Å². The predicted molar refractivity (Wildman–Crippen MR) is 105 cm³/mol. The van der Waals surface area contributed by atoms with Crippen molar-refractivity contribution in [1.82, 2.24) is 0 Å². The maximum absolute atomic E-state index is 12.5. The number of anilines is 1. The molecule has 1 amide bonds. The van der Waals surface area contributed by atoms with Gasteiger partial charge in [-0.2, -0.15) is 18.2 Å². The van der Waals surface area contributed by atoms with E-state index in [2.05, 4.69) is 11.4 Å². The molecule has 0 aliphatic carbocycles. The molecule has 0 spiro atoms. The predicted octanol–water partition coefficient (Wildman–Crippen LogP) is 4.87. The number of amides is 1. The van der Waals surface area contributed by atoms with Crippen LogP contribution in [0.4, 0.5) is 5.69 Å². The molecule has 1 N–H and O–H groups in total. The van der Waals surface area contributed by atoms with Crippen LogP contribution in [-0.4, -0.2) is 20.1 Å². The van der Waals surface area contributed by atoms with Crippen molar-refractivity contribution in [2.24, 2.45) is 0 Å². The molecule has 0 unspecified atom stereocenters. The van der Waals surface area contributed by atoms with Gasteiger partial charge in [-0.3, -0.25) is 4.79 Å². The molecule has 3 rings (SSSR count). The van der Waals surface area contributed by atoms with E-state index in [0.717, 1.165) is 22.6 Å². The van der Waals surface area contributed by atoms with Crippen LogP contribution in [0.1, 0.15) is 10.4 Å². The first-order valence-corrected chi connectivity index (χ1v) is 7.81. The molecule has 0 saturated heterocycles. The van der Waals surface area contributed by atoms with Crippen LogP contribution in [0, 0.1) is 44.6 Å². The fourth-order valence-electron chi connectivity index (χ4n) is 2.54. The average Bonchev–Trinajstić information content (AvgIpc) is 2.68. The molecule has 0 heterocycles. The molecule has 0 atom stereocenters. The molecule has 0 saturated carbocycles. The number of methoxy groups -OCH3 is 2. The summed E-state index contributed by atoms with van der Waals surface area (Å²) in [5.74, 6) is 1.26. The SMILES string of the molecule is COc1cccc(-c2cc(C(=O)Nc3cc[c-]cc3)ccc2OC)c1.[CH3-].[U+2]. The average molecular weight is 585 g/mol. The van der Waals surface area contributed by atoms with Crippen LogP contribution in [0.5, 0.6) is 11.5 Å². The van der Waals surface area contributed by atoms with E-state index in [4.69, 9.17) is 9.47 Å². The summed E-state index contributed by atoms with van der Waals surface area (Å²) in [7, 11) is 3.23. The Balaban J connectivity index is 0.00000182. The van der Waals surface area contributed by atoms with Crippen LogP contribution in [0.15, 0.2) is 66.7 Å². The van der Waals surface area contributed by atoms with Crippen molar-refractivity contribution in [2.75, 3.05) is 19.5 Å². The third kappa shape index (κ3) is 5.63. The smallest absolute Gasteiger partial charge is 0.497 e. The van der Waals surface area contributed by atoms with Crippen molar-refractivity contribution in [3.63, 3.8) is 0 Å². The Morgan fingerprint density at radius 2 is 1.70 bits per heavy atom. The zero-order chi connectivity index (χ0) is 17.6. The van der Waals surface area contributed by atoms with Crippen molar-refractivity contribution in [2.45, 2.75) is 0 Å². The summed E-state index contributed by atoms with van der Waals surface area (Å²) in [4.78, 5) is 12.5. The zero-order valence-electron chi connectivity index (χ0n) is 15.6. The van der Waals surface area contributed by atoms with Crippen molar-refractivity contribution in [1.29, 1.82) is 0 Å². The topological polar surface area (TPSA) is 47.6 Å². The van der Waals surface area contributed by atoms with E-state index in [0.29, 0.717) is 11.3 Å². The van der Waals surface area contributed by atoms with E-state index in [1.54, 1.807) is 50.6 Å². The molecular formula is C22H21NO3U. The van der Waals surface area contributed by atoms with Crippen LogP contribution < -0.4 is 14.8 Å². The molecule has 5 heteroatoms. The van der Waals surface area contributed by atoms with Gasteiger partial charge in [0, 0.05) is 11.1 Å². The van der Waals surface area contributed by atoms with Crippen molar-refractivity contribution in [3.8, 4) is 22.6 Å². The second kappa shape index (κ2) is 10.8. The molecule has 3 aromatic rings. The summed E-state index contributed by atoms with van der Waals surface area (Å²) in [6, 6.07) is 23.0. The summed E-state index contributed by atoms with van der Waals surface area (Å²) in [6.07, 6.45) is 0. The molecule has 0 aliphatic rings. The van der Waals surface area contributed by atoms with Crippen molar-refractivity contribution >= 4 is 11.6 Å². The van der Waals surface area contributed by atoms with Gasteiger partial charge in [0.25, 0.3) is 5.91 Å². The molecule has 3 aromatic carbocycles. The maximum Gasteiger partial charge on any atom is 2.00 e. The van der Waals surface area contributed by atoms with E-state index in [-0.39, 0.29) is 44.4 Å². The van der Waals surface area contributed by atoms with Gasteiger partial charge in [-0.05, 0) is 35.9 Å². The molecule has 0 aliphatic heterocycles. The monoisotopic (exact) mass is 585 g/mol. The Hall–Kier alpha value is -2.22. The molecule has 0 bridgehead atoms. The fraction of sp³-hybridized carbons (Fsp3) is 0.0909. The Bertz CT molecular complexity index is 882. The van der Waals surface area contributed by atoms with Crippen LogP contribution in [0.25, 0.3) is 11.1 Å². The summed E-state index contributed by atoms with van der Waals surface area (Å²) in [5.41, 5.74) is 3.02. The minimum atomic E-state index is -0.182. The van der Waals surface area contributed by atoms with Crippen LogP contribution >= 0.6 is 0 Å². The fourth-order valence-corrected chi connectivity index (χ4v) is 2.54. The molecule has 0 aromatic heterocycles. The molecule has 0 radical (unpaired) electrons. The second-order valence-electron chi connectivity index (χ2n) is 5.39. The molecule has 27 heavy (non-hydrogen) atoms. The van der Waals surface area contributed by atoms with Crippen LogP contribution in [0.3, 0.4) is 0 Å². The second-order valence-corrected chi connectivity index (χ2v) is 5.39. The normalized spacial score (nSPS) is 9.41. The molecular weight excluding hydrogens is 564 g/mol. The number of hydrogen-bond acceptors (Lipinski definition) is 3. The molecule has 4 nitrogen and oxygen atoms in total. The van der Waals surface area contributed by atoms with Gasteiger partial charge in [0.2, 0.25) is 0 Å². The van der Waals surface area contributed by atoms with Gasteiger partial charge in [-0.25, -0.2) is 0 Å². The van der Waals surface area contributed by atoms with Gasteiger partial charge in [-0.15, -0.1) is 12.1 Å². The first-order valence-electron chi connectivity index (χ1n) is 7.81. The Morgan fingerprint density at radius 3 is 2.37 bits per heavy atom. The summed E-state index contributed by atoms with van der Waals surface area (Å²) in [5, 5.41) is 2.87. The van der Waals surface area contributed by atoms with Crippen LogP contribution in [0.2, 0.25) is 0 Å². The standard InChI is InChI=1S/C21H18NO3.CH3.U/c1-24-18-10-6-7-15(13-18)19-14-16(11-12-20(19)25-2)21(23)22-17-8-4-3-5-9-17;;/h4-14H,1-2H3,(H,22,23);1H3;/q2*-1;+2. The number of carbonyl (C=O) groups excluding carboxylic acids is 1. The number of carbonyl (C=O) groups is 1. The van der Waals surface area contributed by atoms with Gasteiger partial charge in [-0.1, -0.05) is 17.8 Å². The van der Waals surface area contributed by atoms with E-state index in [1.165, 1.54) is 0 Å². The van der Waals surface area contributed by atoms with Crippen molar-refractivity contribution in [3.05, 3.63) is 85.8 Å². The van der Waals surface area contributed by atoms with Gasteiger partial charge in [0.1, 0.15) is 11.5 Å². The van der Waals surface area contributed by atoms with Gasteiger partial charge in [0.15, 0.2) is 0 Å². The quantitative estimate of drug-likeness (QED) is 0.435. The maximum atomic E-state index is 12.5. The Kier molecular flexibility index (Phi) is 9.14. The van der Waals surface area contributed by atoms with Gasteiger partial charge < -0.3 is 22.2 Å². The number of ether oxygens (including phenoxy) is 2. The Morgan fingerprint density at radius 1 is 0.963 bits per heavy atom. The van der Waals surface area contributed by atoms with E-state index in [9.17, 15) is 4.79 Å². The van der Waals surface area contributed by atoms with Gasteiger partial charge in [0.05, 0.1) is 14.2 Å². The number of rotatable bonds is 5. The third-order valence-electron chi connectivity index (χ3n) is 3.82. The molecule has 136 valence electrons. The number of benzene rings is 3. The van der Waals surface area contributed by atoms with Crippen LogP contribution in [-0.2, 0) is 0 Å². The van der Waals surface area contributed by atoms with E-state index in [1.807, 2.05) is 30.3 Å². The number of nitrogens with one attached hydrogen (secondary N) is 1. The summed E-state index contributed by atoms with van der Waals surface area (Å²) < 4.78 is 10.7. The minimum absolute atomic E-state index is 0. The summed E-state index contributed by atoms with van der Waals surface area (Å²) in [6.45, 7) is 0. The summed E-state index contributed by atoms with van der Waals surface area (Å²) >= 11 is 0. The third-order valence-corrected chi connectivity index (χ3v) is 3.82. The molecule has 0 fully saturated rings. The van der Waals surface area contributed by atoms with E-state index >= 15 is 0 Å². The number of hydrogen-bond donors (Lipinski definition) is 1.